The number of likely N-dealkylation sites (N-methyl/N-ethyl adjacent to an activating group) is 1. The minimum atomic E-state index is -0.443. The fourth-order valence-corrected chi connectivity index (χ4v) is 5.31. The molecule has 3 N–H and O–H groups in total. The van der Waals surface area contributed by atoms with Crippen molar-refractivity contribution in [3.05, 3.63) is 53.6 Å². The number of urea groups is 1. The molecule has 10 nitrogen and oxygen atoms in total. The maximum Gasteiger partial charge on any atom is 0.319 e. The molecule has 1 aliphatic rings. The summed E-state index contributed by atoms with van der Waals surface area (Å²) in [4.78, 5) is 30.6. The summed E-state index contributed by atoms with van der Waals surface area (Å²) in [7, 11) is 3.73. The van der Waals surface area contributed by atoms with Gasteiger partial charge in [-0.25, -0.2) is 4.79 Å². The molecule has 3 rings (SSSR count). The predicted octanol–water partition coefficient (Wildman–Crippen LogP) is 5.15. The average Bonchev–Trinajstić information content (AvgIpc) is 2.98. The standard InChI is InChI=1S/C34H52N4O6/c1-23(2)35-34(41)36-28-13-16-31-30(18-28)33(40)38(25(4)22-39)19-24(3)32(43-17-9-8-10-26(5)44-31)21-37(6)20-27-11-14-29(42-7)15-12-27/h11-16,18,23-26,32,39H,8-10,17,19-22H2,1-7H3,(H2,35,36,41)/t24-,25+,26+,32-/m0/s1. The highest BCUT2D eigenvalue weighted by Gasteiger charge is 2.30. The second kappa shape index (κ2) is 17.2. The number of anilines is 1. The number of aliphatic hydroxyl groups is 1. The van der Waals surface area contributed by atoms with Crippen molar-refractivity contribution in [1.29, 1.82) is 0 Å². The number of hydrogen-bond donors (Lipinski definition) is 3. The zero-order valence-electron chi connectivity index (χ0n) is 27.5. The summed E-state index contributed by atoms with van der Waals surface area (Å²) in [5, 5.41) is 15.8. The molecule has 0 bridgehead atoms. The van der Waals surface area contributed by atoms with Gasteiger partial charge in [0.25, 0.3) is 5.91 Å². The van der Waals surface area contributed by atoms with Crippen molar-refractivity contribution in [3.63, 3.8) is 0 Å². The third-order valence-corrected chi connectivity index (χ3v) is 7.83. The summed E-state index contributed by atoms with van der Waals surface area (Å²) in [6.45, 7) is 11.9. The van der Waals surface area contributed by atoms with Crippen LogP contribution in [0.3, 0.4) is 0 Å². The second-order valence-electron chi connectivity index (χ2n) is 12.3. The molecule has 44 heavy (non-hydrogen) atoms. The Morgan fingerprint density at radius 2 is 1.86 bits per heavy atom. The maximum absolute atomic E-state index is 14.2. The van der Waals surface area contributed by atoms with E-state index < -0.39 is 6.04 Å². The number of aliphatic hydroxyl groups excluding tert-OH is 1. The first-order chi connectivity index (χ1) is 21.0. The van der Waals surface area contributed by atoms with Crippen LogP contribution in [0.2, 0.25) is 0 Å². The quantitative estimate of drug-likeness (QED) is 0.359. The van der Waals surface area contributed by atoms with E-state index in [0.29, 0.717) is 36.7 Å². The molecule has 4 atom stereocenters. The number of nitrogens with one attached hydrogen (secondary N) is 2. The number of hydrogen-bond acceptors (Lipinski definition) is 7. The molecule has 2 aromatic carbocycles. The molecule has 0 saturated carbocycles. The Labute approximate surface area is 263 Å². The Morgan fingerprint density at radius 1 is 1.14 bits per heavy atom. The third-order valence-electron chi connectivity index (χ3n) is 7.83. The van der Waals surface area contributed by atoms with E-state index in [1.54, 1.807) is 30.2 Å². The number of ether oxygens (including phenoxy) is 3. The number of rotatable bonds is 9. The number of methoxy groups -OCH3 is 1. The van der Waals surface area contributed by atoms with Crippen LogP contribution < -0.4 is 20.1 Å². The normalized spacial score (nSPS) is 20.8. The molecule has 0 unspecified atom stereocenters. The van der Waals surface area contributed by atoms with E-state index in [1.165, 1.54) is 5.56 Å². The van der Waals surface area contributed by atoms with Crippen LogP contribution in [-0.4, -0.2) is 91.6 Å². The molecule has 0 aliphatic carbocycles. The van der Waals surface area contributed by atoms with Gasteiger partial charge in [-0.05, 0) is 89.9 Å². The Bertz CT molecular complexity index is 1190. The molecular weight excluding hydrogens is 560 g/mol. The number of nitrogens with zero attached hydrogens (tertiary/aromatic N) is 2. The van der Waals surface area contributed by atoms with Crippen molar-refractivity contribution >= 4 is 17.6 Å². The summed E-state index contributed by atoms with van der Waals surface area (Å²) < 4.78 is 18.1. The number of benzene rings is 2. The third kappa shape index (κ3) is 10.7. The first-order valence-electron chi connectivity index (χ1n) is 15.7. The van der Waals surface area contributed by atoms with Crippen LogP contribution >= 0.6 is 0 Å². The van der Waals surface area contributed by atoms with E-state index in [-0.39, 0.29) is 42.7 Å². The van der Waals surface area contributed by atoms with Crippen LogP contribution in [0.1, 0.15) is 69.8 Å². The summed E-state index contributed by atoms with van der Waals surface area (Å²) >= 11 is 0. The Balaban J connectivity index is 1.88. The monoisotopic (exact) mass is 612 g/mol. The fraction of sp³-hybridized carbons (Fsp3) is 0.588. The minimum Gasteiger partial charge on any atom is -0.497 e. The van der Waals surface area contributed by atoms with Gasteiger partial charge in [0.1, 0.15) is 11.5 Å². The average molecular weight is 613 g/mol. The molecule has 0 saturated heterocycles. The van der Waals surface area contributed by atoms with Crippen molar-refractivity contribution < 1.29 is 28.9 Å². The van der Waals surface area contributed by atoms with Crippen molar-refractivity contribution in [2.45, 2.75) is 84.7 Å². The number of fused-ring (bicyclic) bond motifs is 1. The van der Waals surface area contributed by atoms with Crippen LogP contribution in [0.25, 0.3) is 0 Å². The summed E-state index contributed by atoms with van der Waals surface area (Å²) in [5.41, 5.74) is 2.00. The highest BCUT2D eigenvalue weighted by atomic mass is 16.5. The van der Waals surface area contributed by atoms with Gasteiger partial charge in [0.15, 0.2) is 0 Å². The molecule has 0 radical (unpaired) electrons. The second-order valence-corrected chi connectivity index (χ2v) is 12.3. The molecule has 0 fully saturated rings. The van der Waals surface area contributed by atoms with E-state index in [1.807, 2.05) is 39.8 Å². The molecule has 3 amide bonds. The predicted molar refractivity (Wildman–Crippen MR) is 173 cm³/mol. The zero-order chi connectivity index (χ0) is 32.2. The van der Waals surface area contributed by atoms with Gasteiger partial charge in [-0.15, -0.1) is 0 Å². The van der Waals surface area contributed by atoms with Gasteiger partial charge in [0.05, 0.1) is 37.5 Å². The summed E-state index contributed by atoms with van der Waals surface area (Å²) in [6.07, 6.45) is 2.37. The molecule has 2 aromatic rings. The molecule has 244 valence electrons. The molecular formula is C34H52N4O6. The van der Waals surface area contributed by atoms with Crippen LogP contribution in [-0.2, 0) is 11.3 Å². The van der Waals surface area contributed by atoms with E-state index in [4.69, 9.17) is 14.2 Å². The van der Waals surface area contributed by atoms with E-state index in [2.05, 4.69) is 41.6 Å². The van der Waals surface area contributed by atoms with Crippen molar-refractivity contribution in [2.75, 3.05) is 45.8 Å². The SMILES string of the molecule is COc1ccc(CN(C)C[C@@H]2OCCCC[C@@H](C)Oc3ccc(NC(=O)NC(C)C)cc3C(=O)N([C@H](C)CO)C[C@@H]2C)cc1. The Hall–Kier alpha value is -3.34. The lowest BCUT2D eigenvalue weighted by molar-refractivity contribution is -0.0177. The van der Waals surface area contributed by atoms with Gasteiger partial charge >= 0.3 is 6.03 Å². The van der Waals surface area contributed by atoms with Crippen LogP contribution in [0.5, 0.6) is 11.5 Å². The highest BCUT2D eigenvalue weighted by molar-refractivity contribution is 5.99. The first-order valence-corrected chi connectivity index (χ1v) is 15.7. The lowest BCUT2D eigenvalue weighted by Crippen LogP contribution is -2.47. The molecule has 1 aliphatic heterocycles. The van der Waals surface area contributed by atoms with Crippen molar-refractivity contribution in [3.8, 4) is 11.5 Å². The van der Waals surface area contributed by atoms with E-state index in [9.17, 15) is 14.7 Å². The van der Waals surface area contributed by atoms with Crippen LogP contribution in [0.4, 0.5) is 10.5 Å². The molecule has 0 aromatic heterocycles. The zero-order valence-corrected chi connectivity index (χ0v) is 27.5. The largest absolute Gasteiger partial charge is 0.497 e. The molecule has 10 heteroatoms. The topological polar surface area (TPSA) is 113 Å². The number of carbonyl (C=O) groups is 2. The van der Waals surface area contributed by atoms with Crippen molar-refractivity contribution in [2.24, 2.45) is 5.92 Å². The van der Waals surface area contributed by atoms with Crippen LogP contribution in [0.15, 0.2) is 42.5 Å². The lowest BCUT2D eigenvalue weighted by Gasteiger charge is -2.36. The Kier molecular flexibility index (Phi) is 13.8. The smallest absolute Gasteiger partial charge is 0.319 e. The first kappa shape index (κ1) is 35.1. The van der Waals surface area contributed by atoms with Gasteiger partial charge in [-0.2, -0.15) is 0 Å². The number of carbonyl (C=O) groups excluding carboxylic acids is 2. The van der Waals surface area contributed by atoms with E-state index >= 15 is 0 Å². The summed E-state index contributed by atoms with van der Waals surface area (Å²) in [5.74, 6) is 0.987. The van der Waals surface area contributed by atoms with Gasteiger partial charge in [0, 0.05) is 43.9 Å². The number of amides is 3. The lowest BCUT2D eigenvalue weighted by atomic mass is 10.0. The highest BCUT2D eigenvalue weighted by Crippen LogP contribution is 2.28. The molecule has 0 spiro atoms. The van der Waals surface area contributed by atoms with Gasteiger partial charge in [0.2, 0.25) is 0 Å². The van der Waals surface area contributed by atoms with Gasteiger partial charge in [-0.1, -0.05) is 19.1 Å². The minimum absolute atomic E-state index is 0.0318. The maximum atomic E-state index is 14.2. The Morgan fingerprint density at radius 3 is 2.52 bits per heavy atom. The summed E-state index contributed by atoms with van der Waals surface area (Å²) in [6, 6.07) is 12.4. The van der Waals surface area contributed by atoms with Gasteiger partial charge < -0.3 is 34.9 Å². The van der Waals surface area contributed by atoms with Crippen LogP contribution in [0, 0.1) is 5.92 Å². The van der Waals surface area contributed by atoms with Crippen molar-refractivity contribution in [1.82, 2.24) is 15.1 Å². The molecule has 1 heterocycles. The van der Waals surface area contributed by atoms with E-state index in [0.717, 1.165) is 31.6 Å². The fourth-order valence-electron chi connectivity index (χ4n) is 5.31. The van der Waals surface area contributed by atoms with Gasteiger partial charge in [-0.3, -0.25) is 9.69 Å².